The first-order valence-corrected chi connectivity index (χ1v) is 8.00. The number of aliphatic hydroxyl groups is 1. The summed E-state index contributed by atoms with van der Waals surface area (Å²) in [7, 11) is -0.619. The molecule has 0 spiro atoms. The number of nitrogens with two attached hydrogens (primary N) is 2. The van der Waals surface area contributed by atoms with Gasteiger partial charge in [0.2, 0.25) is 0 Å². The van der Waals surface area contributed by atoms with Crippen LogP contribution < -0.4 is 11.5 Å². The van der Waals surface area contributed by atoms with E-state index >= 15 is 0 Å². The van der Waals surface area contributed by atoms with Gasteiger partial charge in [0.15, 0.2) is 5.72 Å². The van der Waals surface area contributed by atoms with E-state index in [0.717, 1.165) is 6.42 Å². The van der Waals surface area contributed by atoms with Gasteiger partial charge in [0.25, 0.3) is 5.91 Å². The van der Waals surface area contributed by atoms with Gasteiger partial charge in [-0.15, -0.1) is 0 Å². The van der Waals surface area contributed by atoms with Crippen molar-refractivity contribution in [3.8, 4) is 0 Å². The van der Waals surface area contributed by atoms with E-state index in [1.54, 1.807) is 0 Å². The van der Waals surface area contributed by atoms with Gasteiger partial charge in [-0.1, -0.05) is 6.42 Å². The van der Waals surface area contributed by atoms with Crippen LogP contribution in [0.1, 0.15) is 33.6 Å². The van der Waals surface area contributed by atoms with Gasteiger partial charge >= 0.3 is 13.1 Å². The number of hydrogen-bond donors (Lipinski definition) is 3. The molecule has 2 aliphatic heterocycles. The first-order valence-electron chi connectivity index (χ1n) is 8.00. The van der Waals surface area contributed by atoms with Crippen LogP contribution in [-0.4, -0.2) is 59.5 Å². The average molecular weight is 327 g/mol. The molecule has 0 aliphatic carbocycles. The van der Waals surface area contributed by atoms with Crippen molar-refractivity contribution in [2.45, 2.75) is 57.3 Å². The first kappa shape index (κ1) is 18.2. The number of amides is 1. The molecule has 0 bridgehead atoms. The van der Waals surface area contributed by atoms with Crippen molar-refractivity contribution in [2.75, 3.05) is 13.1 Å². The minimum atomic E-state index is -1.98. The lowest BCUT2D eigenvalue weighted by Gasteiger charge is -2.32. The van der Waals surface area contributed by atoms with Crippen LogP contribution in [0.3, 0.4) is 0 Å². The number of rotatable bonds is 3. The molecule has 0 aromatic carbocycles. The molecular weight excluding hydrogens is 301 g/mol. The van der Waals surface area contributed by atoms with Crippen LogP contribution in [0.4, 0.5) is 0 Å². The predicted molar refractivity (Wildman–Crippen MR) is 83.9 cm³/mol. The van der Waals surface area contributed by atoms with Crippen molar-refractivity contribution in [1.82, 2.24) is 4.90 Å². The summed E-state index contributed by atoms with van der Waals surface area (Å²) < 4.78 is 11.0. The molecule has 0 radical (unpaired) electrons. The lowest BCUT2D eigenvalue weighted by atomic mass is 9.74. The van der Waals surface area contributed by atoms with Crippen LogP contribution in [0.2, 0.25) is 6.32 Å². The molecule has 130 valence electrons. The second-order valence-corrected chi connectivity index (χ2v) is 7.02. The first-order chi connectivity index (χ1) is 10.5. The van der Waals surface area contributed by atoms with Crippen LogP contribution in [0.5, 0.6) is 0 Å². The zero-order chi connectivity index (χ0) is 17.4. The average Bonchev–Trinajstić information content (AvgIpc) is 2.73. The van der Waals surface area contributed by atoms with Crippen molar-refractivity contribution in [3.05, 3.63) is 0 Å². The maximum Gasteiger partial charge on any atom is 0.527 e. The Morgan fingerprint density at radius 2 is 2.26 bits per heavy atom. The lowest BCUT2D eigenvalue weighted by molar-refractivity contribution is -0.149. The molecule has 1 amide bonds. The van der Waals surface area contributed by atoms with Gasteiger partial charge in [0, 0.05) is 25.1 Å². The van der Waals surface area contributed by atoms with Crippen LogP contribution in [0.25, 0.3) is 0 Å². The number of carbonyl (C=O) groups excluding carboxylic acids is 2. The fourth-order valence-corrected chi connectivity index (χ4v) is 3.21. The molecule has 2 aliphatic rings. The van der Waals surface area contributed by atoms with Crippen LogP contribution in [-0.2, 0) is 18.9 Å². The number of likely N-dealkylation sites (tertiary alicyclic amines) is 1. The molecule has 23 heavy (non-hydrogen) atoms. The highest BCUT2D eigenvalue weighted by molar-refractivity contribution is 6.47. The minimum absolute atomic E-state index is 0.0168. The summed E-state index contributed by atoms with van der Waals surface area (Å²) in [5, 5.41) is 9.69. The molecular formula is C14H26BN3O5. The zero-order valence-corrected chi connectivity index (χ0v) is 13.9. The molecule has 5 N–H and O–H groups in total. The van der Waals surface area contributed by atoms with E-state index in [9.17, 15) is 14.7 Å². The number of carbonyl (C=O) groups is 2. The van der Waals surface area contributed by atoms with Gasteiger partial charge < -0.3 is 25.0 Å². The summed E-state index contributed by atoms with van der Waals surface area (Å²) in [4.78, 5) is 26.0. The Labute approximate surface area is 136 Å². The van der Waals surface area contributed by atoms with Crippen molar-refractivity contribution < 1.29 is 24.0 Å². The highest BCUT2D eigenvalue weighted by atomic mass is 16.6. The smallest absolute Gasteiger partial charge is 0.508 e. The Morgan fingerprint density at radius 3 is 2.83 bits per heavy atom. The Morgan fingerprint density at radius 1 is 1.61 bits per heavy atom. The van der Waals surface area contributed by atoms with Gasteiger partial charge in [-0.25, -0.2) is 0 Å². The fraction of sp³-hybridized carbons (Fsp3) is 0.857. The molecule has 8 nitrogen and oxygen atoms in total. The lowest BCUT2D eigenvalue weighted by Crippen LogP contribution is -2.59. The summed E-state index contributed by atoms with van der Waals surface area (Å²) in [6.07, 6.45) is 1.99. The topological polar surface area (TPSA) is 128 Å². The summed E-state index contributed by atoms with van der Waals surface area (Å²) >= 11 is 0. The van der Waals surface area contributed by atoms with E-state index in [-0.39, 0.29) is 25.1 Å². The molecule has 0 aromatic rings. The van der Waals surface area contributed by atoms with Crippen LogP contribution in [0.15, 0.2) is 0 Å². The van der Waals surface area contributed by atoms with Gasteiger partial charge in [0.05, 0.1) is 0 Å². The zero-order valence-electron chi connectivity index (χ0n) is 13.9. The molecule has 0 aromatic heterocycles. The van der Waals surface area contributed by atoms with E-state index < -0.39 is 30.3 Å². The van der Waals surface area contributed by atoms with Crippen molar-refractivity contribution >= 4 is 19.0 Å². The molecule has 2 heterocycles. The standard InChI is InChI=1S/C14H26BN3O5/c1-9(2)22-15-6-4-5-10-7-18(11(19)13(3,16)21)8-14(10,17)12(20)23-15/h9-10,21H,4-8,16-17H2,1-3H3/t10-,13-,14-/m0/s1. The maximum absolute atomic E-state index is 12.5. The molecule has 2 saturated heterocycles. The Bertz CT molecular complexity index is 482. The van der Waals surface area contributed by atoms with E-state index in [1.165, 1.54) is 11.8 Å². The quantitative estimate of drug-likeness (QED) is 0.451. The third-order valence-corrected chi connectivity index (χ3v) is 4.38. The molecule has 2 fully saturated rings. The fourth-order valence-electron chi connectivity index (χ4n) is 3.21. The summed E-state index contributed by atoms with van der Waals surface area (Å²) in [6.45, 7) is 5.22. The van der Waals surface area contributed by atoms with Gasteiger partial charge in [-0.2, -0.15) is 0 Å². The van der Waals surface area contributed by atoms with Crippen LogP contribution in [0, 0.1) is 5.92 Å². The Balaban J connectivity index is 2.14. The highest BCUT2D eigenvalue weighted by Gasteiger charge is 2.54. The largest absolute Gasteiger partial charge is 0.527 e. The summed E-state index contributed by atoms with van der Waals surface area (Å²) in [5.41, 5.74) is 8.47. The number of hydrogen-bond acceptors (Lipinski definition) is 7. The third kappa shape index (κ3) is 3.85. The molecule has 2 rings (SSSR count). The summed E-state index contributed by atoms with van der Waals surface area (Å²) in [6, 6.07) is 0. The van der Waals surface area contributed by atoms with E-state index in [2.05, 4.69) is 0 Å². The second-order valence-electron chi connectivity index (χ2n) is 7.02. The second kappa shape index (κ2) is 6.39. The van der Waals surface area contributed by atoms with Gasteiger partial charge in [-0.3, -0.25) is 15.3 Å². The molecule has 0 saturated carbocycles. The maximum atomic E-state index is 12.5. The predicted octanol–water partition coefficient (Wildman–Crippen LogP) is -0.940. The minimum Gasteiger partial charge on any atom is -0.508 e. The monoisotopic (exact) mass is 327 g/mol. The van der Waals surface area contributed by atoms with Gasteiger partial charge in [0.1, 0.15) is 5.54 Å². The normalized spacial score (nSPS) is 31.3. The van der Waals surface area contributed by atoms with Crippen molar-refractivity contribution in [1.29, 1.82) is 0 Å². The molecule has 9 heteroatoms. The Kier molecular flexibility index (Phi) is 5.05. The van der Waals surface area contributed by atoms with E-state index in [0.29, 0.717) is 12.7 Å². The summed E-state index contributed by atoms with van der Waals surface area (Å²) in [5.74, 6) is -1.43. The number of nitrogens with zero attached hydrogens (tertiary/aromatic N) is 1. The van der Waals surface area contributed by atoms with Gasteiger partial charge in [-0.05, 0) is 33.5 Å². The molecule has 3 atom stereocenters. The number of fused-ring (bicyclic) bond motifs is 1. The van der Waals surface area contributed by atoms with Crippen LogP contribution >= 0.6 is 0 Å². The van der Waals surface area contributed by atoms with E-state index in [1.807, 2.05) is 13.8 Å². The van der Waals surface area contributed by atoms with E-state index in [4.69, 9.17) is 20.8 Å². The third-order valence-electron chi connectivity index (χ3n) is 4.38. The Hall–Kier alpha value is -1.16. The van der Waals surface area contributed by atoms with Crippen molar-refractivity contribution in [3.63, 3.8) is 0 Å². The van der Waals surface area contributed by atoms with Crippen molar-refractivity contribution in [2.24, 2.45) is 17.4 Å². The SMILES string of the molecule is CC(C)OB1CCC[C@H]2CN(C(=O)[C@@](C)(N)O)C[C@@]2(N)C(=O)O1. The molecule has 0 unspecified atom stereocenters. The highest BCUT2D eigenvalue weighted by Crippen LogP contribution is 2.34.